The van der Waals surface area contributed by atoms with Crippen molar-refractivity contribution in [2.24, 2.45) is 7.05 Å². The summed E-state index contributed by atoms with van der Waals surface area (Å²) in [7, 11) is 3.61. The van der Waals surface area contributed by atoms with E-state index in [9.17, 15) is 0 Å². The normalized spacial score (nSPS) is 18.6. The van der Waals surface area contributed by atoms with Gasteiger partial charge in [0.2, 0.25) is 11.5 Å². The van der Waals surface area contributed by atoms with Gasteiger partial charge in [0.05, 0.1) is 25.4 Å². The average Bonchev–Trinajstić information content (AvgIpc) is 3.49. The molecular formula is C32H32Cl2N5OS+. The van der Waals surface area contributed by atoms with E-state index in [1.165, 1.54) is 16.0 Å². The minimum Gasteiger partial charge on any atom is -0.493 e. The topological polar surface area (TPSA) is 55.0 Å². The number of nitrogens with zero attached hydrogens (tertiary/aromatic N) is 3. The first-order chi connectivity index (χ1) is 19.9. The Hall–Kier alpha value is -3.36. The van der Waals surface area contributed by atoms with E-state index in [1.54, 1.807) is 18.4 Å². The van der Waals surface area contributed by atoms with Gasteiger partial charge >= 0.3 is 0 Å². The molecule has 2 aliphatic carbocycles. The Labute approximate surface area is 254 Å². The quantitative estimate of drug-likeness (QED) is 0.209. The number of aryl methyl sites for hydroxylation is 2. The maximum absolute atomic E-state index is 6.31. The number of hydrogen-bond donors (Lipinski definition) is 2. The molecule has 6 nitrogen and oxygen atoms in total. The molecule has 6 rings (SSSR count). The Morgan fingerprint density at radius 1 is 1.10 bits per heavy atom. The van der Waals surface area contributed by atoms with E-state index in [-0.39, 0.29) is 5.54 Å². The molecule has 1 atom stereocenters. The molecule has 2 aromatic carbocycles. The smallest absolute Gasteiger partial charge is 0.250 e. The second-order valence-corrected chi connectivity index (χ2v) is 12.2. The summed E-state index contributed by atoms with van der Waals surface area (Å²) in [5.74, 6) is 0.790. The fraction of sp³-hybridized carbons (Fsp3) is 0.250. The van der Waals surface area contributed by atoms with Crippen LogP contribution in [-0.4, -0.2) is 16.7 Å². The van der Waals surface area contributed by atoms with E-state index in [0.717, 1.165) is 58.8 Å². The summed E-state index contributed by atoms with van der Waals surface area (Å²) in [4.78, 5) is 6.57. The minimum atomic E-state index is -0.373. The lowest BCUT2D eigenvalue weighted by Crippen LogP contribution is -2.45. The lowest BCUT2D eigenvalue weighted by Gasteiger charge is -2.38. The zero-order valence-corrected chi connectivity index (χ0v) is 25.4. The average molecular weight is 606 g/mol. The fourth-order valence-corrected chi connectivity index (χ4v) is 6.94. The number of halogens is 2. The van der Waals surface area contributed by atoms with Gasteiger partial charge in [-0.25, -0.2) is 9.55 Å². The van der Waals surface area contributed by atoms with Gasteiger partial charge in [-0.05, 0) is 72.4 Å². The predicted octanol–water partition coefficient (Wildman–Crippen LogP) is 7.22. The minimum absolute atomic E-state index is 0.373. The predicted molar refractivity (Wildman–Crippen MR) is 167 cm³/mol. The third-order valence-corrected chi connectivity index (χ3v) is 9.33. The van der Waals surface area contributed by atoms with Crippen LogP contribution in [0.3, 0.4) is 0 Å². The number of hydrogen-bond acceptors (Lipinski definition) is 5. The van der Waals surface area contributed by atoms with Crippen LogP contribution in [0.5, 0.6) is 0 Å². The zero-order chi connectivity index (χ0) is 28.4. The number of fused-ring (bicyclic) bond motifs is 1. The maximum atomic E-state index is 6.31. The lowest BCUT2D eigenvalue weighted by atomic mass is 9.77. The summed E-state index contributed by atoms with van der Waals surface area (Å²) in [5, 5.41) is 9.83. The van der Waals surface area contributed by atoms with Crippen molar-refractivity contribution in [1.29, 1.82) is 0 Å². The lowest BCUT2D eigenvalue weighted by molar-refractivity contribution is -0.580. The number of thiazole rings is 1. The number of aromatic nitrogens is 3. The summed E-state index contributed by atoms with van der Waals surface area (Å²) in [5.41, 5.74) is 5.13. The first-order valence-corrected chi connectivity index (χ1v) is 15.2. The van der Waals surface area contributed by atoms with Gasteiger partial charge in [0.25, 0.3) is 0 Å². The molecule has 41 heavy (non-hydrogen) atoms. The highest BCUT2D eigenvalue weighted by Gasteiger charge is 2.41. The molecule has 2 aliphatic rings. The number of ether oxygens (including phenoxy) is 1. The number of allylic oxidation sites excluding steroid dienone is 4. The molecule has 0 spiro atoms. The summed E-state index contributed by atoms with van der Waals surface area (Å²) in [6, 6.07) is 18.8. The molecule has 2 N–H and O–H groups in total. The molecule has 0 saturated carbocycles. The molecule has 0 amide bonds. The van der Waals surface area contributed by atoms with Crippen molar-refractivity contribution in [2.75, 3.05) is 12.4 Å². The number of nitrogens with one attached hydrogen (secondary N) is 2. The molecule has 1 unspecified atom stereocenters. The highest BCUT2D eigenvalue weighted by Crippen LogP contribution is 2.44. The van der Waals surface area contributed by atoms with Gasteiger partial charge in [-0.15, -0.1) is 11.3 Å². The Balaban J connectivity index is 1.31. The van der Waals surface area contributed by atoms with Crippen molar-refractivity contribution in [3.05, 3.63) is 129 Å². The first-order valence-electron chi connectivity index (χ1n) is 13.7. The van der Waals surface area contributed by atoms with Crippen LogP contribution in [0.25, 0.3) is 5.70 Å². The van der Waals surface area contributed by atoms with Gasteiger partial charge in [0.1, 0.15) is 0 Å². The Bertz CT molecular complexity index is 1620. The van der Waals surface area contributed by atoms with Gasteiger partial charge < -0.3 is 10.1 Å². The Morgan fingerprint density at radius 2 is 1.90 bits per heavy atom. The van der Waals surface area contributed by atoms with E-state index in [4.69, 9.17) is 32.9 Å². The van der Waals surface area contributed by atoms with Crippen LogP contribution in [0.4, 0.5) is 5.13 Å². The van der Waals surface area contributed by atoms with Crippen LogP contribution in [0.1, 0.15) is 41.0 Å². The molecule has 0 radical (unpaired) electrons. The second-order valence-electron chi connectivity index (χ2n) is 10.3. The van der Waals surface area contributed by atoms with Gasteiger partial charge in [0.15, 0.2) is 22.8 Å². The Kier molecular flexibility index (Phi) is 8.04. The standard InChI is InChI=1S/C32H32Cl2N5OS/c1-38-21-39(20-29(38)34)26-16-14-25(15-17-27(26)40-2)36-31-37-30-28(41-31)9-6-18-32(30,23-7-4-3-5-8-23)35-19-22-10-12-24(33)13-11-22/h3-5,7-8,10-14,16-17,20-21,35H,6,9,15,18-19H2,1-2H3,(H,36,37)/q+1. The number of anilines is 1. The number of methoxy groups -OCH3 is 1. The van der Waals surface area contributed by atoms with Crippen LogP contribution < -0.4 is 15.2 Å². The summed E-state index contributed by atoms with van der Waals surface area (Å²) < 4.78 is 9.56. The van der Waals surface area contributed by atoms with Crippen LogP contribution in [-0.2, 0) is 30.3 Å². The molecule has 0 fully saturated rings. The summed E-state index contributed by atoms with van der Waals surface area (Å²) >= 11 is 14.2. The zero-order valence-electron chi connectivity index (χ0n) is 23.0. The number of benzene rings is 2. The highest BCUT2D eigenvalue weighted by molar-refractivity contribution is 7.15. The van der Waals surface area contributed by atoms with E-state index in [2.05, 4.69) is 71.3 Å². The van der Waals surface area contributed by atoms with E-state index < -0.39 is 0 Å². The third-order valence-electron chi connectivity index (χ3n) is 7.68. The monoisotopic (exact) mass is 604 g/mol. The summed E-state index contributed by atoms with van der Waals surface area (Å²) in [6.07, 6.45) is 13.8. The summed E-state index contributed by atoms with van der Waals surface area (Å²) in [6.45, 7) is 0.719. The molecule has 210 valence electrons. The third kappa shape index (κ3) is 5.72. The molecule has 9 heteroatoms. The van der Waals surface area contributed by atoms with Crippen LogP contribution in [0, 0.1) is 0 Å². The molecule has 4 aromatic rings. The largest absolute Gasteiger partial charge is 0.493 e. The van der Waals surface area contributed by atoms with Gasteiger partial charge in [-0.2, -0.15) is 4.57 Å². The van der Waals surface area contributed by atoms with Crippen molar-refractivity contribution in [3.8, 4) is 0 Å². The Morgan fingerprint density at radius 3 is 2.63 bits per heavy atom. The second kappa shape index (κ2) is 11.9. The van der Waals surface area contributed by atoms with Crippen LogP contribution in [0.2, 0.25) is 10.2 Å². The number of rotatable bonds is 8. The van der Waals surface area contributed by atoms with Crippen LogP contribution >= 0.6 is 34.5 Å². The van der Waals surface area contributed by atoms with E-state index in [0.29, 0.717) is 11.6 Å². The van der Waals surface area contributed by atoms with Gasteiger partial charge in [-0.1, -0.05) is 54.1 Å². The number of imidazole rings is 1. The van der Waals surface area contributed by atoms with Crippen molar-refractivity contribution < 1.29 is 9.30 Å². The van der Waals surface area contributed by atoms with E-state index in [1.807, 2.05) is 40.8 Å². The molecule has 2 aromatic heterocycles. The van der Waals surface area contributed by atoms with E-state index >= 15 is 0 Å². The SMILES string of the molecule is COC1=CCC(Nc2nc3c(s2)CCCC3(NCc2ccc(Cl)cc2)c2ccccc2)=CC=C1[n+]1cc(Cl)n(C)c1. The molecule has 0 bridgehead atoms. The van der Waals surface area contributed by atoms with Crippen LogP contribution in [0.15, 0.2) is 96.8 Å². The van der Waals surface area contributed by atoms with Crippen molar-refractivity contribution in [2.45, 2.75) is 37.8 Å². The maximum Gasteiger partial charge on any atom is 0.250 e. The highest BCUT2D eigenvalue weighted by atomic mass is 35.5. The molecule has 0 aliphatic heterocycles. The molecule has 0 saturated heterocycles. The van der Waals surface area contributed by atoms with Crippen molar-refractivity contribution >= 4 is 45.4 Å². The van der Waals surface area contributed by atoms with Crippen molar-refractivity contribution in [1.82, 2.24) is 14.9 Å². The first kappa shape index (κ1) is 27.8. The van der Waals surface area contributed by atoms with Crippen molar-refractivity contribution in [3.63, 3.8) is 0 Å². The van der Waals surface area contributed by atoms with Gasteiger partial charge in [-0.3, -0.25) is 5.32 Å². The fourth-order valence-electron chi connectivity index (χ4n) is 5.55. The molecular weight excluding hydrogens is 573 g/mol. The van der Waals surface area contributed by atoms with Gasteiger partial charge in [0, 0.05) is 28.6 Å². The molecule has 2 heterocycles.